The Labute approximate surface area is 104 Å². The van der Waals surface area contributed by atoms with Gasteiger partial charge in [-0.3, -0.25) is 4.99 Å². The SMILES string of the molecule is CN=C(NC)NCCOc1cccc(Br)c1. The first kappa shape index (κ1) is 12.8. The van der Waals surface area contributed by atoms with Crippen LogP contribution >= 0.6 is 15.9 Å². The van der Waals surface area contributed by atoms with Crippen molar-refractivity contribution in [3.05, 3.63) is 28.7 Å². The molecule has 0 spiro atoms. The molecular formula is C11H16BrN3O. The highest BCUT2D eigenvalue weighted by atomic mass is 79.9. The number of aliphatic imine (C=N–C) groups is 1. The summed E-state index contributed by atoms with van der Waals surface area (Å²) in [6, 6.07) is 7.78. The van der Waals surface area contributed by atoms with Crippen molar-refractivity contribution >= 4 is 21.9 Å². The number of benzene rings is 1. The quantitative estimate of drug-likeness (QED) is 0.502. The van der Waals surface area contributed by atoms with E-state index in [1.54, 1.807) is 7.05 Å². The number of guanidine groups is 1. The lowest BCUT2D eigenvalue weighted by Crippen LogP contribution is -2.37. The Hall–Kier alpha value is -1.23. The van der Waals surface area contributed by atoms with Crippen LogP contribution in [0.25, 0.3) is 0 Å². The van der Waals surface area contributed by atoms with Gasteiger partial charge in [0.05, 0.1) is 6.54 Å². The number of nitrogens with zero attached hydrogens (tertiary/aromatic N) is 1. The molecule has 1 aromatic rings. The predicted molar refractivity (Wildman–Crippen MR) is 70.1 cm³/mol. The fourth-order valence-electron chi connectivity index (χ4n) is 1.17. The average Bonchev–Trinajstić information content (AvgIpc) is 2.29. The zero-order chi connectivity index (χ0) is 11.8. The van der Waals surface area contributed by atoms with Crippen LogP contribution in [0.1, 0.15) is 0 Å². The van der Waals surface area contributed by atoms with E-state index in [1.807, 2.05) is 31.3 Å². The highest BCUT2D eigenvalue weighted by Crippen LogP contribution is 2.17. The van der Waals surface area contributed by atoms with E-state index >= 15 is 0 Å². The summed E-state index contributed by atoms with van der Waals surface area (Å²) in [4.78, 5) is 4.00. The highest BCUT2D eigenvalue weighted by molar-refractivity contribution is 9.10. The number of hydrogen-bond donors (Lipinski definition) is 2. The second-order valence-electron chi connectivity index (χ2n) is 3.05. The van der Waals surface area contributed by atoms with Gasteiger partial charge in [0.1, 0.15) is 12.4 Å². The Balaban J connectivity index is 2.26. The molecule has 0 aliphatic rings. The molecule has 0 heterocycles. The van der Waals surface area contributed by atoms with Crippen molar-refractivity contribution in [2.24, 2.45) is 4.99 Å². The minimum Gasteiger partial charge on any atom is -0.492 e. The summed E-state index contributed by atoms with van der Waals surface area (Å²) in [7, 11) is 3.55. The average molecular weight is 286 g/mol. The maximum atomic E-state index is 5.55. The van der Waals surface area contributed by atoms with Gasteiger partial charge in [-0.1, -0.05) is 22.0 Å². The molecule has 0 aliphatic heterocycles. The monoisotopic (exact) mass is 285 g/mol. The number of ether oxygens (including phenoxy) is 1. The van der Waals surface area contributed by atoms with Gasteiger partial charge in [0.15, 0.2) is 5.96 Å². The van der Waals surface area contributed by atoms with Gasteiger partial charge in [0, 0.05) is 18.6 Å². The molecule has 0 atom stereocenters. The van der Waals surface area contributed by atoms with Gasteiger partial charge in [0.2, 0.25) is 0 Å². The lowest BCUT2D eigenvalue weighted by atomic mass is 10.3. The van der Waals surface area contributed by atoms with Crippen molar-refractivity contribution in [2.75, 3.05) is 27.2 Å². The van der Waals surface area contributed by atoms with Crippen LogP contribution in [0.3, 0.4) is 0 Å². The third-order valence-corrected chi connectivity index (χ3v) is 2.41. The first-order chi connectivity index (χ1) is 7.76. The second-order valence-corrected chi connectivity index (χ2v) is 3.97. The minimum atomic E-state index is 0.594. The van der Waals surface area contributed by atoms with Crippen LogP contribution in [0.5, 0.6) is 5.75 Å². The molecule has 0 unspecified atom stereocenters. The molecule has 0 bridgehead atoms. The van der Waals surface area contributed by atoms with E-state index in [2.05, 4.69) is 31.6 Å². The van der Waals surface area contributed by atoms with Crippen LogP contribution in [0.4, 0.5) is 0 Å². The molecule has 0 saturated heterocycles. The van der Waals surface area contributed by atoms with Crippen molar-refractivity contribution in [1.82, 2.24) is 10.6 Å². The molecule has 0 aliphatic carbocycles. The Bertz CT molecular complexity index is 355. The third-order valence-electron chi connectivity index (χ3n) is 1.92. The van der Waals surface area contributed by atoms with Crippen molar-refractivity contribution in [1.29, 1.82) is 0 Å². The van der Waals surface area contributed by atoms with Crippen molar-refractivity contribution in [3.63, 3.8) is 0 Å². The molecule has 88 valence electrons. The second kappa shape index (κ2) is 7.11. The molecular weight excluding hydrogens is 270 g/mol. The van der Waals surface area contributed by atoms with Crippen LogP contribution in [-0.2, 0) is 0 Å². The predicted octanol–water partition coefficient (Wildman–Crippen LogP) is 1.62. The maximum Gasteiger partial charge on any atom is 0.190 e. The Kier molecular flexibility index (Phi) is 5.71. The van der Waals surface area contributed by atoms with E-state index in [0.29, 0.717) is 13.2 Å². The molecule has 0 amide bonds. The van der Waals surface area contributed by atoms with Gasteiger partial charge in [-0.25, -0.2) is 0 Å². The van der Waals surface area contributed by atoms with Crippen LogP contribution in [-0.4, -0.2) is 33.2 Å². The third kappa shape index (κ3) is 4.53. The Morgan fingerprint density at radius 3 is 2.94 bits per heavy atom. The van der Waals surface area contributed by atoms with E-state index in [9.17, 15) is 0 Å². The first-order valence-electron chi connectivity index (χ1n) is 5.03. The fraction of sp³-hybridized carbons (Fsp3) is 0.364. The van der Waals surface area contributed by atoms with Crippen molar-refractivity contribution < 1.29 is 4.74 Å². The topological polar surface area (TPSA) is 45.7 Å². The molecule has 2 N–H and O–H groups in total. The first-order valence-corrected chi connectivity index (χ1v) is 5.82. The summed E-state index contributed by atoms with van der Waals surface area (Å²) in [5.74, 6) is 1.62. The van der Waals surface area contributed by atoms with Crippen LogP contribution in [0.15, 0.2) is 33.7 Å². The molecule has 4 nitrogen and oxygen atoms in total. The van der Waals surface area contributed by atoms with E-state index < -0.39 is 0 Å². The van der Waals surface area contributed by atoms with Crippen molar-refractivity contribution in [2.45, 2.75) is 0 Å². The number of rotatable bonds is 4. The van der Waals surface area contributed by atoms with Crippen molar-refractivity contribution in [3.8, 4) is 5.75 Å². The Morgan fingerprint density at radius 2 is 2.31 bits per heavy atom. The number of halogens is 1. The molecule has 5 heteroatoms. The molecule has 0 saturated carbocycles. The molecule has 16 heavy (non-hydrogen) atoms. The summed E-state index contributed by atoms with van der Waals surface area (Å²) >= 11 is 3.39. The molecule has 1 aromatic carbocycles. The fourth-order valence-corrected chi connectivity index (χ4v) is 1.55. The number of hydrogen-bond acceptors (Lipinski definition) is 2. The van der Waals surface area contributed by atoms with Gasteiger partial charge >= 0.3 is 0 Å². The largest absolute Gasteiger partial charge is 0.492 e. The van der Waals surface area contributed by atoms with Gasteiger partial charge in [-0.05, 0) is 18.2 Å². The minimum absolute atomic E-state index is 0.594. The normalized spacial score (nSPS) is 11.1. The van der Waals surface area contributed by atoms with Crippen LogP contribution < -0.4 is 15.4 Å². The van der Waals surface area contributed by atoms with E-state index in [0.717, 1.165) is 16.2 Å². The summed E-state index contributed by atoms with van der Waals surface area (Å²) in [6.45, 7) is 1.30. The molecule has 0 fully saturated rings. The standard InChI is InChI=1S/C11H16BrN3O/c1-13-11(14-2)15-6-7-16-10-5-3-4-9(12)8-10/h3-5,8H,6-7H2,1-2H3,(H2,13,14,15). The van der Waals surface area contributed by atoms with Gasteiger partial charge in [-0.2, -0.15) is 0 Å². The maximum absolute atomic E-state index is 5.55. The number of nitrogens with one attached hydrogen (secondary N) is 2. The summed E-state index contributed by atoms with van der Waals surface area (Å²) < 4.78 is 6.57. The smallest absolute Gasteiger partial charge is 0.190 e. The molecule has 0 radical (unpaired) electrons. The molecule has 0 aromatic heterocycles. The van der Waals surface area contributed by atoms with Crippen LogP contribution in [0.2, 0.25) is 0 Å². The van der Waals surface area contributed by atoms with E-state index in [-0.39, 0.29) is 0 Å². The van der Waals surface area contributed by atoms with Crippen LogP contribution in [0, 0.1) is 0 Å². The summed E-state index contributed by atoms with van der Waals surface area (Å²) in [6.07, 6.45) is 0. The highest BCUT2D eigenvalue weighted by Gasteiger charge is 1.95. The van der Waals surface area contributed by atoms with Gasteiger partial charge < -0.3 is 15.4 Å². The lowest BCUT2D eigenvalue weighted by Gasteiger charge is -2.09. The summed E-state index contributed by atoms with van der Waals surface area (Å²) in [5.41, 5.74) is 0. The lowest BCUT2D eigenvalue weighted by molar-refractivity contribution is 0.322. The van der Waals surface area contributed by atoms with E-state index in [4.69, 9.17) is 4.74 Å². The zero-order valence-corrected chi connectivity index (χ0v) is 11.0. The Morgan fingerprint density at radius 1 is 1.50 bits per heavy atom. The van der Waals surface area contributed by atoms with Gasteiger partial charge in [-0.15, -0.1) is 0 Å². The van der Waals surface area contributed by atoms with Gasteiger partial charge in [0.25, 0.3) is 0 Å². The summed E-state index contributed by atoms with van der Waals surface area (Å²) in [5, 5.41) is 6.04. The molecule has 1 rings (SSSR count). The zero-order valence-electron chi connectivity index (χ0n) is 9.46. The van der Waals surface area contributed by atoms with E-state index in [1.165, 1.54) is 0 Å².